The highest BCUT2D eigenvalue weighted by atomic mass is 16.5. The van der Waals surface area contributed by atoms with E-state index in [9.17, 15) is 0 Å². The normalized spacial score (nSPS) is 18.8. The maximum atomic E-state index is 5.64. The highest BCUT2D eigenvalue weighted by Crippen LogP contribution is 2.21. The monoisotopic (exact) mass is 287 g/mol. The van der Waals surface area contributed by atoms with Crippen LogP contribution in [0.1, 0.15) is 42.6 Å². The van der Waals surface area contributed by atoms with E-state index in [0.717, 1.165) is 18.8 Å². The van der Waals surface area contributed by atoms with Crippen molar-refractivity contribution in [1.29, 1.82) is 0 Å². The molecular weight excluding hydrogens is 266 g/mol. The number of rotatable bonds is 6. The molecule has 21 heavy (non-hydrogen) atoms. The molecule has 0 amide bonds. The minimum absolute atomic E-state index is 0.227. The zero-order valence-electron chi connectivity index (χ0n) is 12.1. The summed E-state index contributed by atoms with van der Waals surface area (Å²) in [6.45, 7) is 2.25. The van der Waals surface area contributed by atoms with Crippen molar-refractivity contribution in [2.75, 3.05) is 13.2 Å². The fraction of sp³-hybridized carbons (Fsp3) is 0.500. The molecule has 1 saturated heterocycles. The summed E-state index contributed by atoms with van der Waals surface area (Å²) in [6, 6.07) is 10.4. The lowest BCUT2D eigenvalue weighted by Crippen LogP contribution is -2.27. The fourth-order valence-electron chi connectivity index (χ4n) is 2.50. The molecule has 0 spiro atoms. The summed E-state index contributed by atoms with van der Waals surface area (Å²) in [5.41, 5.74) is 1.18. The average Bonchev–Trinajstić information content (AvgIpc) is 3.02. The molecule has 1 aliphatic rings. The first-order valence-electron chi connectivity index (χ1n) is 7.59. The molecule has 3 rings (SSSR count). The van der Waals surface area contributed by atoms with Gasteiger partial charge in [-0.15, -0.1) is 0 Å². The molecule has 5 nitrogen and oxygen atoms in total. The summed E-state index contributed by atoms with van der Waals surface area (Å²) in [5.74, 6) is 1.44. The Kier molecular flexibility index (Phi) is 4.97. The van der Waals surface area contributed by atoms with E-state index < -0.39 is 0 Å². The van der Waals surface area contributed by atoms with Crippen molar-refractivity contribution in [2.45, 2.75) is 38.3 Å². The zero-order chi connectivity index (χ0) is 14.3. The molecule has 0 unspecified atom stereocenters. The van der Waals surface area contributed by atoms with Crippen LogP contribution >= 0.6 is 0 Å². The molecule has 1 N–H and O–H groups in total. The second-order valence-corrected chi connectivity index (χ2v) is 5.34. The van der Waals surface area contributed by atoms with Gasteiger partial charge in [0, 0.05) is 6.42 Å². The van der Waals surface area contributed by atoms with Crippen molar-refractivity contribution >= 4 is 0 Å². The van der Waals surface area contributed by atoms with Crippen LogP contribution in [0.15, 0.2) is 34.9 Å². The van der Waals surface area contributed by atoms with Crippen LogP contribution in [0.25, 0.3) is 0 Å². The Labute approximate surface area is 124 Å². The first-order valence-corrected chi connectivity index (χ1v) is 7.59. The fourth-order valence-corrected chi connectivity index (χ4v) is 2.50. The van der Waals surface area contributed by atoms with Gasteiger partial charge in [0.25, 0.3) is 0 Å². The molecule has 5 heteroatoms. The van der Waals surface area contributed by atoms with Gasteiger partial charge in [0.05, 0.1) is 19.3 Å². The van der Waals surface area contributed by atoms with Crippen LogP contribution in [0.4, 0.5) is 0 Å². The third-order valence-electron chi connectivity index (χ3n) is 3.67. The SMILES string of the molecule is c1ccc(COCCc2noc([C@H]3CCCCN3)n2)cc1. The van der Waals surface area contributed by atoms with E-state index in [1.807, 2.05) is 18.2 Å². The Hall–Kier alpha value is -1.72. The Morgan fingerprint density at radius 3 is 2.95 bits per heavy atom. The number of ether oxygens (including phenoxy) is 1. The summed E-state index contributed by atoms with van der Waals surface area (Å²) >= 11 is 0. The molecule has 1 aromatic heterocycles. The first kappa shape index (κ1) is 14.2. The predicted octanol–water partition coefficient (Wildman–Crippen LogP) is 2.64. The quantitative estimate of drug-likeness (QED) is 0.828. The van der Waals surface area contributed by atoms with Crippen LogP contribution in [0.3, 0.4) is 0 Å². The minimum atomic E-state index is 0.227. The van der Waals surface area contributed by atoms with Crippen molar-refractivity contribution in [2.24, 2.45) is 0 Å². The zero-order valence-corrected chi connectivity index (χ0v) is 12.1. The summed E-state index contributed by atoms with van der Waals surface area (Å²) in [7, 11) is 0. The summed E-state index contributed by atoms with van der Waals surface area (Å²) < 4.78 is 11.0. The minimum Gasteiger partial charge on any atom is -0.376 e. The first-order chi connectivity index (χ1) is 10.4. The van der Waals surface area contributed by atoms with E-state index in [1.54, 1.807) is 0 Å². The average molecular weight is 287 g/mol. The number of hydrogen-bond acceptors (Lipinski definition) is 5. The summed E-state index contributed by atoms with van der Waals surface area (Å²) in [4.78, 5) is 4.46. The molecule has 0 aliphatic carbocycles. The number of benzene rings is 1. The topological polar surface area (TPSA) is 60.2 Å². The Balaban J connectivity index is 1.42. The van der Waals surface area contributed by atoms with Gasteiger partial charge in [-0.1, -0.05) is 41.9 Å². The molecule has 1 aliphatic heterocycles. The van der Waals surface area contributed by atoms with Gasteiger partial charge in [-0.05, 0) is 24.9 Å². The molecule has 0 radical (unpaired) electrons. The van der Waals surface area contributed by atoms with E-state index in [0.29, 0.717) is 25.5 Å². The molecule has 2 aromatic rings. The van der Waals surface area contributed by atoms with Crippen LogP contribution in [-0.4, -0.2) is 23.3 Å². The van der Waals surface area contributed by atoms with E-state index >= 15 is 0 Å². The Bertz CT molecular complexity index is 535. The summed E-state index contributed by atoms with van der Waals surface area (Å²) in [5, 5.41) is 7.44. The van der Waals surface area contributed by atoms with Crippen molar-refractivity contribution in [3.63, 3.8) is 0 Å². The highest BCUT2D eigenvalue weighted by Gasteiger charge is 2.20. The van der Waals surface area contributed by atoms with Gasteiger partial charge in [0.1, 0.15) is 0 Å². The van der Waals surface area contributed by atoms with Crippen LogP contribution in [0, 0.1) is 0 Å². The van der Waals surface area contributed by atoms with Crippen molar-refractivity contribution in [3.05, 3.63) is 47.6 Å². The molecule has 1 fully saturated rings. The third kappa shape index (κ3) is 4.12. The van der Waals surface area contributed by atoms with Crippen LogP contribution in [-0.2, 0) is 17.8 Å². The number of nitrogens with zero attached hydrogens (tertiary/aromatic N) is 2. The predicted molar refractivity (Wildman–Crippen MR) is 78.7 cm³/mol. The number of hydrogen-bond donors (Lipinski definition) is 1. The largest absolute Gasteiger partial charge is 0.376 e. The Morgan fingerprint density at radius 1 is 1.24 bits per heavy atom. The van der Waals surface area contributed by atoms with Crippen molar-refractivity contribution < 1.29 is 9.26 Å². The number of piperidine rings is 1. The van der Waals surface area contributed by atoms with Gasteiger partial charge in [-0.25, -0.2) is 0 Å². The van der Waals surface area contributed by atoms with Gasteiger partial charge < -0.3 is 14.6 Å². The highest BCUT2D eigenvalue weighted by molar-refractivity contribution is 5.13. The maximum absolute atomic E-state index is 5.64. The van der Waals surface area contributed by atoms with E-state index in [-0.39, 0.29) is 6.04 Å². The van der Waals surface area contributed by atoms with Gasteiger partial charge in [-0.3, -0.25) is 0 Å². The third-order valence-corrected chi connectivity index (χ3v) is 3.67. The molecule has 2 heterocycles. The van der Waals surface area contributed by atoms with E-state index in [4.69, 9.17) is 9.26 Å². The van der Waals surface area contributed by atoms with Crippen molar-refractivity contribution in [1.82, 2.24) is 15.5 Å². The lowest BCUT2D eigenvalue weighted by molar-refractivity contribution is 0.122. The van der Waals surface area contributed by atoms with Gasteiger partial charge >= 0.3 is 0 Å². The molecule has 1 atom stereocenters. The second-order valence-electron chi connectivity index (χ2n) is 5.34. The van der Waals surface area contributed by atoms with Crippen LogP contribution < -0.4 is 5.32 Å². The molecule has 0 saturated carbocycles. The van der Waals surface area contributed by atoms with Crippen molar-refractivity contribution in [3.8, 4) is 0 Å². The van der Waals surface area contributed by atoms with E-state index in [1.165, 1.54) is 18.4 Å². The van der Waals surface area contributed by atoms with Gasteiger partial charge in [-0.2, -0.15) is 4.98 Å². The van der Waals surface area contributed by atoms with Gasteiger partial charge in [0.2, 0.25) is 5.89 Å². The standard InChI is InChI=1S/C16H21N3O2/c1-2-6-13(7-3-1)12-20-11-9-15-18-16(21-19-15)14-8-4-5-10-17-14/h1-3,6-7,14,17H,4-5,8-12H2/t14-/m1/s1. The molecular formula is C16H21N3O2. The number of aromatic nitrogens is 2. The van der Waals surface area contributed by atoms with Crippen LogP contribution in [0.2, 0.25) is 0 Å². The van der Waals surface area contributed by atoms with E-state index in [2.05, 4.69) is 27.6 Å². The lowest BCUT2D eigenvalue weighted by atomic mass is 10.1. The lowest BCUT2D eigenvalue weighted by Gasteiger charge is -2.19. The molecule has 112 valence electrons. The smallest absolute Gasteiger partial charge is 0.243 e. The second kappa shape index (κ2) is 7.33. The van der Waals surface area contributed by atoms with Gasteiger partial charge in [0.15, 0.2) is 5.82 Å². The van der Waals surface area contributed by atoms with Crippen LogP contribution in [0.5, 0.6) is 0 Å². The maximum Gasteiger partial charge on any atom is 0.243 e. The summed E-state index contributed by atoms with van der Waals surface area (Å²) in [6.07, 6.45) is 4.20. The molecule has 0 bridgehead atoms. The number of nitrogens with one attached hydrogen (secondary N) is 1. The Morgan fingerprint density at radius 2 is 2.14 bits per heavy atom. The molecule has 1 aromatic carbocycles.